The lowest BCUT2D eigenvalue weighted by Crippen LogP contribution is -1.76. The van der Waals surface area contributed by atoms with Crippen LogP contribution in [0.25, 0.3) is 11.6 Å². The minimum Gasteiger partial charge on any atom is -0.420 e. The number of hydrogen-bond donors (Lipinski definition) is 0. The molecular formula is C7H7N3OS2. The number of aryl methyl sites for hydroxylation is 1. The largest absolute Gasteiger partial charge is 0.420 e. The molecule has 0 aliphatic carbocycles. The molecule has 0 atom stereocenters. The van der Waals surface area contributed by atoms with Gasteiger partial charge in [-0.1, -0.05) is 11.8 Å². The number of nitrogens with zero attached hydrogens (tertiary/aromatic N) is 3. The van der Waals surface area contributed by atoms with Crippen LogP contribution in [-0.4, -0.2) is 21.4 Å². The average molecular weight is 213 g/mol. The lowest BCUT2D eigenvalue weighted by atomic mass is 10.5. The van der Waals surface area contributed by atoms with Crippen molar-refractivity contribution in [1.29, 1.82) is 0 Å². The Kier molecular flexibility index (Phi) is 2.32. The topological polar surface area (TPSA) is 51.8 Å². The van der Waals surface area contributed by atoms with E-state index in [0.717, 1.165) is 10.0 Å². The van der Waals surface area contributed by atoms with Crippen LogP contribution in [0.5, 0.6) is 0 Å². The third kappa shape index (κ3) is 1.73. The summed E-state index contributed by atoms with van der Waals surface area (Å²) in [5, 5.41) is 9.54. The van der Waals surface area contributed by atoms with Gasteiger partial charge in [-0.3, -0.25) is 0 Å². The quantitative estimate of drug-likeness (QED) is 0.716. The van der Waals surface area contributed by atoms with E-state index in [1.807, 2.05) is 11.6 Å². The Morgan fingerprint density at radius 1 is 1.46 bits per heavy atom. The van der Waals surface area contributed by atoms with Crippen molar-refractivity contribution in [3.8, 4) is 11.6 Å². The SMILES string of the molecule is CSc1nc(-c2nnc(C)o2)cs1. The van der Waals surface area contributed by atoms with Crippen LogP contribution >= 0.6 is 23.1 Å². The first-order valence-electron chi connectivity index (χ1n) is 3.59. The van der Waals surface area contributed by atoms with Crippen molar-refractivity contribution in [1.82, 2.24) is 15.2 Å². The molecular weight excluding hydrogens is 206 g/mol. The van der Waals surface area contributed by atoms with E-state index in [9.17, 15) is 0 Å². The second-order valence-electron chi connectivity index (χ2n) is 2.33. The van der Waals surface area contributed by atoms with Crippen LogP contribution in [-0.2, 0) is 0 Å². The molecule has 2 rings (SSSR count). The third-order valence-corrected chi connectivity index (χ3v) is 3.27. The Morgan fingerprint density at radius 3 is 2.85 bits per heavy atom. The zero-order valence-electron chi connectivity index (χ0n) is 7.14. The van der Waals surface area contributed by atoms with Crippen LogP contribution in [0.2, 0.25) is 0 Å². The summed E-state index contributed by atoms with van der Waals surface area (Å²) >= 11 is 3.19. The molecule has 0 aliphatic rings. The van der Waals surface area contributed by atoms with E-state index >= 15 is 0 Å². The zero-order chi connectivity index (χ0) is 9.26. The maximum absolute atomic E-state index is 5.24. The number of hydrogen-bond acceptors (Lipinski definition) is 6. The highest BCUT2D eigenvalue weighted by Gasteiger charge is 2.09. The highest BCUT2D eigenvalue weighted by molar-refractivity contribution is 8.00. The standard InChI is InChI=1S/C7H7N3OS2/c1-4-9-10-6(11-4)5-3-13-7(8-5)12-2/h3H,1-2H3. The van der Waals surface area contributed by atoms with Gasteiger partial charge < -0.3 is 4.42 Å². The Hall–Kier alpha value is -0.880. The summed E-state index contributed by atoms with van der Waals surface area (Å²) in [6.07, 6.45) is 1.99. The van der Waals surface area contributed by atoms with E-state index in [1.165, 1.54) is 0 Å². The monoisotopic (exact) mass is 213 g/mol. The Bertz CT molecular complexity index is 409. The average Bonchev–Trinajstić information content (AvgIpc) is 2.71. The molecule has 0 N–H and O–H groups in total. The summed E-state index contributed by atoms with van der Waals surface area (Å²) in [6, 6.07) is 0. The predicted octanol–water partition coefficient (Wildman–Crippen LogP) is 2.22. The van der Waals surface area contributed by atoms with Crippen molar-refractivity contribution < 1.29 is 4.42 Å². The molecule has 0 unspecified atom stereocenters. The second-order valence-corrected chi connectivity index (χ2v) is 4.24. The zero-order valence-corrected chi connectivity index (χ0v) is 8.78. The van der Waals surface area contributed by atoms with E-state index in [1.54, 1.807) is 30.0 Å². The normalized spacial score (nSPS) is 10.6. The van der Waals surface area contributed by atoms with Crippen molar-refractivity contribution in [3.63, 3.8) is 0 Å². The summed E-state index contributed by atoms with van der Waals surface area (Å²) in [5.74, 6) is 1.06. The van der Waals surface area contributed by atoms with Crippen LogP contribution < -0.4 is 0 Å². The molecule has 4 nitrogen and oxygen atoms in total. The Balaban J connectivity index is 2.35. The van der Waals surface area contributed by atoms with Gasteiger partial charge in [-0.05, 0) is 6.26 Å². The van der Waals surface area contributed by atoms with Crippen molar-refractivity contribution >= 4 is 23.1 Å². The number of rotatable bonds is 2. The van der Waals surface area contributed by atoms with Crippen LogP contribution in [0, 0.1) is 6.92 Å². The van der Waals surface area contributed by atoms with Crippen molar-refractivity contribution in [3.05, 3.63) is 11.3 Å². The van der Waals surface area contributed by atoms with Crippen LogP contribution in [0.1, 0.15) is 5.89 Å². The predicted molar refractivity (Wildman–Crippen MR) is 51.9 cm³/mol. The van der Waals surface area contributed by atoms with Crippen LogP contribution in [0.4, 0.5) is 0 Å². The Labute approximate surface area is 83.4 Å². The molecule has 0 saturated heterocycles. The summed E-state index contributed by atoms with van der Waals surface area (Å²) in [6.45, 7) is 1.76. The van der Waals surface area contributed by atoms with Crippen LogP contribution in [0.15, 0.2) is 14.1 Å². The van der Waals surface area contributed by atoms with Gasteiger partial charge >= 0.3 is 0 Å². The Morgan fingerprint density at radius 2 is 2.31 bits per heavy atom. The number of thiazole rings is 1. The number of thioether (sulfide) groups is 1. The molecule has 0 bridgehead atoms. The van der Waals surface area contributed by atoms with Gasteiger partial charge in [0.05, 0.1) is 0 Å². The van der Waals surface area contributed by atoms with Gasteiger partial charge in [0.25, 0.3) is 5.89 Å². The molecule has 2 heterocycles. The molecule has 2 aromatic heterocycles. The van der Waals surface area contributed by atoms with Gasteiger partial charge in [-0.15, -0.1) is 21.5 Å². The number of aromatic nitrogens is 3. The minimum atomic E-state index is 0.494. The summed E-state index contributed by atoms with van der Waals surface area (Å²) in [5.41, 5.74) is 0.759. The smallest absolute Gasteiger partial charge is 0.267 e. The lowest BCUT2D eigenvalue weighted by molar-refractivity contribution is 0.531. The maximum atomic E-state index is 5.24. The molecule has 0 radical (unpaired) electrons. The van der Waals surface area contributed by atoms with E-state index in [4.69, 9.17) is 4.42 Å². The van der Waals surface area contributed by atoms with Gasteiger partial charge in [0, 0.05) is 12.3 Å². The highest BCUT2D eigenvalue weighted by atomic mass is 32.2. The van der Waals surface area contributed by atoms with Crippen LogP contribution in [0.3, 0.4) is 0 Å². The lowest BCUT2D eigenvalue weighted by Gasteiger charge is -1.84. The molecule has 0 aromatic carbocycles. The molecule has 0 spiro atoms. The molecule has 0 aliphatic heterocycles. The molecule has 0 amide bonds. The molecule has 0 saturated carbocycles. The summed E-state index contributed by atoms with van der Waals surface area (Å²) in [4.78, 5) is 4.30. The molecule has 2 aromatic rings. The maximum Gasteiger partial charge on any atom is 0.267 e. The third-order valence-electron chi connectivity index (χ3n) is 1.40. The first kappa shape index (κ1) is 8.71. The van der Waals surface area contributed by atoms with E-state index in [0.29, 0.717) is 11.8 Å². The van der Waals surface area contributed by atoms with Gasteiger partial charge in [0.15, 0.2) is 0 Å². The molecule has 13 heavy (non-hydrogen) atoms. The first-order valence-corrected chi connectivity index (χ1v) is 5.70. The van der Waals surface area contributed by atoms with E-state index < -0.39 is 0 Å². The van der Waals surface area contributed by atoms with Gasteiger partial charge in [-0.25, -0.2) is 4.98 Å². The highest BCUT2D eigenvalue weighted by Crippen LogP contribution is 2.25. The molecule has 6 heteroatoms. The fraction of sp³-hybridized carbons (Fsp3) is 0.286. The molecule has 68 valence electrons. The van der Waals surface area contributed by atoms with Crippen molar-refractivity contribution in [2.24, 2.45) is 0 Å². The van der Waals surface area contributed by atoms with E-state index in [-0.39, 0.29) is 0 Å². The van der Waals surface area contributed by atoms with Gasteiger partial charge in [0.2, 0.25) is 5.89 Å². The van der Waals surface area contributed by atoms with Gasteiger partial charge in [-0.2, -0.15) is 0 Å². The van der Waals surface area contributed by atoms with E-state index in [2.05, 4.69) is 15.2 Å². The summed E-state index contributed by atoms with van der Waals surface area (Å²) < 4.78 is 6.25. The van der Waals surface area contributed by atoms with Crippen molar-refractivity contribution in [2.45, 2.75) is 11.3 Å². The fourth-order valence-corrected chi connectivity index (χ4v) is 2.09. The first-order chi connectivity index (χ1) is 6.29. The summed E-state index contributed by atoms with van der Waals surface area (Å²) in [7, 11) is 0. The van der Waals surface area contributed by atoms with Gasteiger partial charge in [0.1, 0.15) is 10.0 Å². The second kappa shape index (κ2) is 3.47. The minimum absolute atomic E-state index is 0.494. The van der Waals surface area contributed by atoms with Crippen molar-refractivity contribution in [2.75, 3.05) is 6.26 Å². The fourth-order valence-electron chi connectivity index (χ4n) is 0.849. The molecule has 0 fully saturated rings.